The summed E-state index contributed by atoms with van der Waals surface area (Å²) >= 11 is 0. The van der Waals surface area contributed by atoms with E-state index in [1.54, 1.807) is 7.11 Å². The molecular formula is C19H26O2. The molecule has 2 rings (SSSR count). The molecule has 0 bridgehead atoms. The Morgan fingerprint density at radius 2 is 2.10 bits per heavy atom. The molecule has 114 valence electrons. The van der Waals surface area contributed by atoms with Gasteiger partial charge in [-0.25, -0.2) is 0 Å². The van der Waals surface area contributed by atoms with E-state index < -0.39 is 0 Å². The molecule has 1 aliphatic heterocycles. The highest BCUT2D eigenvalue weighted by molar-refractivity contribution is 5.52. The van der Waals surface area contributed by atoms with Crippen molar-refractivity contribution in [2.45, 2.75) is 51.6 Å². The molecule has 1 aromatic rings. The zero-order valence-corrected chi connectivity index (χ0v) is 13.2. The van der Waals surface area contributed by atoms with Gasteiger partial charge in [0.15, 0.2) is 0 Å². The summed E-state index contributed by atoms with van der Waals surface area (Å²) < 4.78 is 11.2. The van der Waals surface area contributed by atoms with Crippen molar-refractivity contribution in [3.8, 4) is 5.75 Å². The number of methoxy groups -OCH3 is 1. The van der Waals surface area contributed by atoms with E-state index in [2.05, 4.69) is 37.3 Å². The van der Waals surface area contributed by atoms with Crippen molar-refractivity contribution in [3.05, 3.63) is 47.7 Å². The summed E-state index contributed by atoms with van der Waals surface area (Å²) in [6.07, 6.45) is 13.9. The third-order valence-electron chi connectivity index (χ3n) is 3.73. The molecule has 1 unspecified atom stereocenters. The lowest BCUT2D eigenvalue weighted by Gasteiger charge is -2.23. The van der Waals surface area contributed by atoms with E-state index >= 15 is 0 Å². The van der Waals surface area contributed by atoms with Crippen LogP contribution in [0.2, 0.25) is 0 Å². The van der Waals surface area contributed by atoms with Crippen molar-refractivity contribution in [1.82, 2.24) is 0 Å². The zero-order chi connectivity index (χ0) is 14.9. The van der Waals surface area contributed by atoms with Gasteiger partial charge in [0.2, 0.25) is 0 Å². The quantitative estimate of drug-likeness (QED) is 0.518. The molecule has 1 heterocycles. The summed E-state index contributed by atoms with van der Waals surface area (Å²) in [4.78, 5) is 0. The molecule has 2 heteroatoms. The Kier molecular flexibility index (Phi) is 6.39. The van der Waals surface area contributed by atoms with Crippen LogP contribution in [0, 0.1) is 0 Å². The highest BCUT2D eigenvalue weighted by Crippen LogP contribution is 2.25. The highest BCUT2D eigenvalue weighted by Gasteiger charge is 2.15. The van der Waals surface area contributed by atoms with Crippen LogP contribution in [0.25, 0.3) is 6.08 Å². The molecule has 2 nitrogen and oxygen atoms in total. The van der Waals surface area contributed by atoms with Gasteiger partial charge in [-0.05, 0) is 49.1 Å². The summed E-state index contributed by atoms with van der Waals surface area (Å²) in [6, 6.07) is 8.10. The Labute approximate surface area is 128 Å². The Morgan fingerprint density at radius 3 is 2.81 bits per heavy atom. The van der Waals surface area contributed by atoms with E-state index in [0.29, 0.717) is 0 Å². The minimum Gasteiger partial charge on any atom is -0.497 e. The van der Waals surface area contributed by atoms with Crippen LogP contribution in [0.4, 0.5) is 0 Å². The average Bonchev–Trinajstić information content (AvgIpc) is 2.53. The maximum atomic E-state index is 6.07. The van der Waals surface area contributed by atoms with E-state index in [9.17, 15) is 0 Å². The Hall–Kier alpha value is -1.70. The van der Waals surface area contributed by atoms with Gasteiger partial charge in [0.25, 0.3) is 0 Å². The number of rotatable bonds is 6. The molecule has 0 saturated carbocycles. The Morgan fingerprint density at radius 1 is 1.29 bits per heavy atom. The first-order chi connectivity index (χ1) is 10.3. The van der Waals surface area contributed by atoms with Crippen molar-refractivity contribution < 1.29 is 9.47 Å². The number of allylic oxidation sites excluding steroid dienone is 2. The fraction of sp³-hybridized carbons (Fsp3) is 0.474. The first-order valence-electron chi connectivity index (χ1n) is 7.99. The van der Waals surface area contributed by atoms with Crippen LogP contribution in [0.15, 0.2) is 42.2 Å². The van der Waals surface area contributed by atoms with Crippen LogP contribution in [0.1, 0.15) is 51.0 Å². The fourth-order valence-corrected chi connectivity index (χ4v) is 2.49. The number of unbranched alkanes of at least 4 members (excludes halogenated alkanes) is 2. The highest BCUT2D eigenvalue weighted by atomic mass is 16.5. The van der Waals surface area contributed by atoms with E-state index in [1.807, 2.05) is 12.1 Å². The van der Waals surface area contributed by atoms with E-state index in [-0.39, 0.29) is 6.10 Å². The molecule has 0 aliphatic carbocycles. The second kappa shape index (κ2) is 8.56. The first-order valence-corrected chi connectivity index (χ1v) is 7.99. The number of ether oxygens (including phenoxy) is 2. The molecular weight excluding hydrogens is 260 g/mol. The normalized spacial score (nSPS) is 20.7. The van der Waals surface area contributed by atoms with Crippen LogP contribution in [0.3, 0.4) is 0 Å². The molecule has 1 aliphatic rings. The lowest BCUT2D eigenvalue weighted by atomic mass is 10.0. The van der Waals surface area contributed by atoms with Gasteiger partial charge < -0.3 is 9.47 Å². The minimum absolute atomic E-state index is 0.250. The maximum absolute atomic E-state index is 6.07. The van der Waals surface area contributed by atoms with Crippen LogP contribution >= 0.6 is 0 Å². The lowest BCUT2D eigenvalue weighted by molar-refractivity contribution is 0.111. The monoisotopic (exact) mass is 286 g/mol. The summed E-state index contributed by atoms with van der Waals surface area (Å²) in [5, 5.41) is 0. The molecule has 1 atom stereocenters. The van der Waals surface area contributed by atoms with Gasteiger partial charge in [-0.15, -0.1) is 0 Å². The van der Waals surface area contributed by atoms with E-state index in [4.69, 9.17) is 9.47 Å². The van der Waals surface area contributed by atoms with Gasteiger partial charge in [-0.2, -0.15) is 0 Å². The number of hydrogen-bond acceptors (Lipinski definition) is 2. The lowest BCUT2D eigenvalue weighted by Crippen LogP contribution is -2.15. The second-order valence-electron chi connectivity index (χ2n) is 5.50. The standard InChI is InChI=1S/C19H26O2/c1-3-4-5-6-8-18-9-7-10-19(21-18)15-16-11-13-17(20-2)14-12-16/h6,8,11-15,18H,3-5,7,9-10H2,1-2H3/b8-6+,19-15+. The van der Waals surface area contributed by atoms with Crippen molar-refractivity contribution in [2.75, 3.05) is 7.11 Å². The van der Waals surface area contributed by atoms with Crippen molar-refractivity contribution in [1.29, 1.82) is 0 Å². The van der Waals surface area contributed by atoms with Gasteiger partial charge in [0, 0.05) is 6.42 Å². The first kappa shape index (κ1) is 15.7. The molecule has 0 aromatic heterocycles. The van der Waals surface area contributed by atoms with Crippen LogP contribution in [-0.2, 0) is 4.74 Å². The second-order valence-corrected chi connectivity index (χ2v) is 5.50. The molecule has 1 saturated heterocycles. The number of benzene rings is 1. The summed E-state index contributed by atoms with van der Waals surface area (Å²) in [6.45, 7) is 2.22. The minimum atomic E-state index is 0.250. The zero-order valence-electron chi connectivity index (χ0n) is 13.2. The van der Waals surface area contributed by atoms with Gasteiger partial charge in [-0.1, -0.05) is 38.0 Å². The molecule has 0 amide bonds. The number of hydrogen-bond donors (Lipinski definition) is 0. The summed E-state index contributed by atoms with van der Waals surface area (Å²) in [5.74, 6) is 1.98. The fourth-order valence-electron chi connectivity index (χ4n) is 2.49. The molecule has 1 fully saturated rings. The topological polar surface area (TPSA) is 18.5 Å². The molecule has 1 aromatic carbocycles. The van der Waals surface area contributed by atoms with Gasteiger partial charge in [-0.3, -0.25) is 0 Å². The van der Waals surface area contributed by atoms with Crippen LogP contribution < -0.4 is 4.74 Å². The third-order valence-corrected chi connectivity index (χ3v) is 3.73. The largest absolute Gasteiger partial charge is 0.497 e. The molecule has 21 heavy (non-hydrogen) atoms. The SMILES string of the molecule is CCCC/C=C/C1CCC/C(=C\c2ccc(OC)cc2)O1. The van der Waals surface area contributed by atoms with Gasteiger partial charge in [0.05, 0.1) is 12.9 Å². The van der Waals surface area contributed by atoms with Gasteiger partial charge >= 0.3 is 0 Å². The van der Waals surface area contributed by atoms with E-state index in [0.717, 1.165) is 30.8 Å². The van der Waals surface area contributed by atoms with Crippen molar-refractivity contribution in [3.63, 3.8) is 0 Å². The third kappa shape index (κ3) is 5.30. The van der Waals surface area contributed by atoms with E-state index in [1.165, 1.54) is 24.8 Å². The van der Waals surface area contributed by atoms with Crippen LogP contribution in [-0.4, -0.2) is 13.2 Å². The van der Waals surface area contributed by atoms with Crippen molar-refractivity contribution >= 4 is 6.08 Å². The average molecular weight is 286 g/mol. The Balaban J connectivity index is 1.92. The van der Waals surface area contributed by atoms with Gasteiger partial charge in [0.1, 0.15) is 11.9 Å². The smallest absolute Gasteiger partial charge is 0.118 e. The maximum Gasteiger partial charge on any atom is 0.118 e. The predicted molar refractivity (Wildman–Crippen MR) is 88.4 cm³/mol. The summed E-state index contributed by atoms with van der Waals surface area (Å²) in [5.41, 5.74) is 1.17. The molecule has 0 radical (unpaired) electrons. The Bertz CT molecular complexity index is 471. The summed E-state index contributed by atoms with van der Waals surface area (Å²) in [7, 11) is 1.69. The molecule has 0 spiro atoms. The van der Waals surface area contributed by atoms with Crippen molar-refractivity contribution in [2.24, 2.45) is 0 Å². The molecule has 0 N–H and O–H groups in total. The van der Waals surface area contributed by atoms with Crippen LogP contribution in [0.5, 0.6) is 5.75 Å². The predicted octanol–water partition coefficient (Wildman–Crippen LogP) is 5.35.